The Morgan fingerprint density at radius 2 is 1.80 bits per heavy atom. The van der Waals surface area contributed by atoms with Gasteiger partial charge in [-0.2, -0.15) is 0 Å². The molecule has 3 aromatic rings. The minimum atomic E-state index is -0.858. The van der Waals surface area contributed by atoms with Gasteiger partial charge in [0.1, 0.15) is 5.82 Å². The maximum atomic E-state index is 13.3. The summed E-state index contributed by atoms with van der Waals surface area (Å²) in [5.74, 6) is -1.99. The van der Waals surface area contributed by atoms with E-state index in [1.165, 1.54) is 41.3 Å². The molecule has 0 aliphatic rings. The molecule has 0 aliphatic heterocycles. The first-order valence-electron chi connectivity index (χ1n) is 7.44. The van der Waals surface area contributed by atoms with Crippen LogP contribution < -0.4 is 5.32 Å². The van der Waals surface area contributed by atoms with E-state index in [2.05, 4.69) is 15.5 Å². The van der Waals surface area contributed by atoms with Crippen LogP contribution >= 0.6 is 23.1 Å². The Kier molecular flexibility index (Phi) is 5.60. The number of nitrogens with one attached hydrogen (secondary N) is 1. The minimum absolute atomic E-state index is 0.0898. The second kappa shape index (κ2) is 7.88. The van der Waals surface area contributed by atoms with E-state index in [1.807, 2.05) is 6.92 Å². The van der Waals surface area contributed by atoms with Crippen molar-refractivity contribution in [1.82, 2.24) is 10.2 Å². The third-order valence-electron chi connectivity index (χ3n) is 3.45. The van der Waals surface area contributed by atoms with Crippen LogP contribution in [0.15, 0.2) is 46.8 Å². The van der Waals surface area contributed by atoms with Crippen molar-refractivity contribution >= 4 is 28.2 Å². The fourth-order valence-corrected chi connectivity index (χ4v) is 4.10. The van der Waals surface area contributed by atoms with Crippen molar-refractivity contribution in [2.75, 3.05) is 5.32 Å². The zero-order valence-corrected chi connectivity index (χ0v) is 14.8. The van der Waals surface area contributed by atoms with Crippen LogP contribution in [-0.4, -0.2) is 10.2 Å². The molecule has 0 spiro atoms. The lowest BCUT2D eigenvalue weighted by molar-refractivity contribution is 0.507. The number of hydrogen-bond acceptors (Lipinski definition) is 5. The van der Waals surface area contributed by atoms with Gasteiger partial charge in [0.05, 0.1) is 0 Å². The SMILES string of the molecule is C[C@@H](Sc1nnc(NCc2ccc(F)cc2)s1)c1ccc(F)c(F)c1. The molecular formula is C17H14F3N3S2. The zero-order chi connectivity index (χ0) is 17.8. The summed E-state index contributed by atoms with van der Waals surface area (Å²) in [4.78, 5) is 0. The highest BCUT2D eigenvalue weighted by Gasteiger charge is 2.14. The molecule has 3 rings (SSSR count). The summed E-state index contributed by atoms with van der Waals surface area (Å²) in [5.41, 5.74) is 1.61. The Balaban J connectivity index is 1.59. The quantitative estimate of drug-likeness (QED) is 0.579. The van der Waals surface area contributed by atoms with Crippen molar-refractivity contribution in [3.05, 3.63) is 71.0 Å². The number of rotatable bonds is 6. The molecule has 1 atom stereocenters. The highest BCUT2D eigenvalue weighted by atomic mass is 32.2. The van der Waals surface area contributed by atoms with Crippen LogP contribution in [0.3, 0.4) is 0 Å². The largest absolute Gasteiger partial charge is 0.356 e. The fourth-order valence-electron chi connectivity index (χ4n) is 2.09. The maximum Gasteiger partial charge on any atom is 0.206 e. The predicted octanol–water partition coefficient (Wildman–Crippen LogP) is 5.42. The Hall–Kier alpha value is -2.06. The molecule has 1 heterocycles. The number of halogens is 3. The molecule has 3 nitrogen and oxygen atoms in total. The van der Waals surface area contributed by atoms with Crippen molar-refractivity contribution in [2.24, 2.45) is 0 Å². The normalized spacial score (nSPS) is 12.2. The Labute approximate surface area is 151 Å². The molecule has 0 saturated carbocycles. The third-order valence-corrected chi connectivity index (χ3v) is 5.58. The maximum absolute atomic E-state index is 13.3. The van der Waals surface area contributed by atoms with Gasteiger partial charge in [-0.25, -0.2) is 13.2 Å². The second-order valence-electron chi connectivity index (χ2n) is 5.29. The Morgan fingerprint density at radius 3 is 2.52 bits per heavy atom. The molecule has 0 amide bonds. The van der Waals surface area contributed by atoms with Crippen molar-refractivity contribution in [3.63, 3.8) is 0 Å². The van der Waals surface area contributed by atoms with E-state index in [9.17, 15) is 13.2 Å². The molecule has 0 radical (unpaired) electrons. The fraction of sp³-hybridized carbons (Fsp3) is 0.176. The highest BCUT2D eigenvalue weighted by molar-refractivity contribution is 8.01. The standard InChI is InChI=1S/C17H14F3N3S2/c1-10(12-4-7-14(19)15(20)8-12)24-17-23-22-16(25-17)21-9-11-2-5-13(18)6-3-11/h2-8,10H,9H2,1H3,(H,21,22)/t10-/m1/s1. The molecule has 1 aromatic heterocycles. The lowest BCUT2D eigenvalue weighted by Gasteiger charge is -2.09. The van der Waals surface area contributed by atoms with Gasteiger partial charge >= 0.3 is 0 Å². The van der Waals surface area contributed by atoms with Gasteiger partial charge in [-0.05, 0) is 42.3 Å². The molecule has 25 heavy (non-hydrogen) atoms. The Bertz CT molecular complexity index is 853. The average Bonchev–Trinajstić information content (AvgIpc) is 3.04. The van der Waals surface area contributed by atoms with Gasteiger partial charge < -0.3 is 5.32 Å². The molecular weight excluding hydrogens is 367 g/mol. The number of nitrogens with zero attached hydrogens (tertiary/aromatic N) is 2. The van der Waals surface area contributed by atoms with Crippen LogP contribution in [-0.2, 0) is 6.54 Å². The van der Waals surface area contributed by atoms with Gasteiger partial charge in [0, 0.05) is 11.8 Å². The summed E-state index contributed by atoms with van der Waals surface area (Å²) in [6.07, 6.45) is 0. The van der Waals surface area contributed by atoms with Crippen LogP contribution in [0.2, 0.25) is 0 Å². The van der Waals surface area contributed by atoms with Gasteiger partial charge in [0.25, 0.3) is 0 Å². The van der Waals surface area contributed by atoms with Crippen molar-refractivity contribution < 1.29 is 13.2 Å². The summed E-state index contributed by atoms with van der Waals surface area (Å²) in [7, 11) is 0. The number of hydrogen-bond donors (Lipinski definition) is 1. The Morgan fingerprint density at radius 1 is 1.04 bits per heavy atom. The minimum Gasteiger partial charge on any atom is -0.356 e. The lowest BCUT2D eigenvalue weighted by Crippen LogP contribution is -1.98. The van der Waals surface area contributed by atoms with Crippen LogP contribution in [0.1, 0.15) is 23.3 Å². The van der Waals surface area contributed by atoms with Gasteiger partial charge in [0.15, 0.2) is 16.0 Å². The molecule has 1 N–H and O–H groups in total. The van der Waals surface area contributed by atoms with Crippen LogP contribution in [0.25, 0.3) is 0 Å². The number of thioether (sulfide) groups is 1. The first kappa shape index (κ1) is 17.8. The first-order chi connectivity index (χ1) is 12.0. The molecule has 0 fully saturated rings. The number of anilines is 1. The lowest BCUT2D eigenvalue weighted by atomic mass is 10.1. The number of aromatic nitrogens is 2. The van der Waals surface area contributed by atoms with Gasteiger partial charge in [-0.1, -0.05) is 41.3 Å². The van der Waals surface area contributed by atoms with Crippen molar-refractivity contribution in [3.8, 4) is 0 Å². The molecule has 0 saturated heterocycles. The van der Waals surface area contributed by atoms with E-state index >= 15 is 0 Å². The number of benzene rings is 2. The zero-order valence-electron chi connectivity index (χ0n) is 13.2. The average molecular weight is 381 g/mol. The molecule has 0 unspecified atom stereocenters. The van der Waals surface area contributed by atoms with Crippen molar-refractivity contribution in [2.45, 2.75) is 23.1 Å². The first-order valence-corrected chi connectivity index (χ1v) is 9.14. The molecule has 0 bridgehead atoms. The van der Waals surface area contributed by atoms with Crippen LogP contribution in [0.4, 0.5) is 18.3 Å². The summed E-state index contributed by atoms with van der Waals surface area (Å²) in [5, 5.41) is 11.8. The summed E-state index contributed by atoms with van der Waals surface area (Å²) in [6.45, 7) is 2.41. The smallest absolute Gasteiger partial charge is 0.206 e. The molecule has 8 heteroatoms. The molecule has 130 valence electrons. The summed E-state index contributed by atoms with van der Waals surface area (Å²) >= 11 is 2.80. The predicted molar refractivity (Wildman–Crippen MR) is 94.3 cm³/mol. The van der Waals surface area contributed by atoms with E-state index in [0.29, 0.717) is 17.2 Å². The molecule has 0 aliphatic carbocycles. The van der Waals surface area contributed by atoms with E-state index in [0.717, 1.165) is 16.0 Å². The highest BCUT2D eigenvalue weighted by Crippen LogP contribution is 2.37. The van der Waals surface area contributed by atoms with E-state index in [1.54, 1.807) is 18.2 Å². The van der Waals surface area contributed by atoms with E-state index < -0.39 is 11.6 Å². The molecule has 2 aromatic carbocycles. The van der Waals surface area contributed by atoms with E-state index in [4.69, 9.17) is 0 Å². The third kappa shape index (κ3) is 4.73. The van der Waals surface area contributed by atoms with Crippen LogP contribution in [0, 0.1) is 17.5 Å². The monoisotopic (exact) mass is 381 g/mol. The summed E-state index contributed by atoms with van der Waals surface area (Å²) < 4.78 is 39.9. The van der Waals surface area contributed by atoms with Crippen molar-refractivity contribution in [1.29, 1.82) is 0 Å². The van der Waals surface area contributed by atoms with Crippen LogP contribution in [0.5, 0.6) is 0 Å². The van der Waals surface area contributed by atoms with Gasteiger partial charge in [-0.15, -0.1) is 10.2 Å². The topological polar surface area (TPSA) is 37.8 Å². The van der Waals surface area contributed by atoms with Gasteiger partial charge in [-0.3, -0.25) is 0 Å². The van der Waals surface area contributed by atoms with Gasteiger partial charge in [0.2, 0.25) is 5.13 Å². The second-order valence-corrected chi connectivity index (χ2v) is 7.85. The van der Waals surface area contributed by atoms with E-state index in [-0.39, 0.29) is 11.1 Å². The summed E-state index contributed by atoms with van der Waals surface area (Å²) in [6, 6.07) is 10.1.